The maximum absolute atomic E-state index is 11.8. The third kappa shape index (κ3) is 6.73. The lowest BCUT2D eigenvalue weighted by Crippen LogP contribution is -2.46. The number of amides is 2. The molecular formula is C14H19ClN2O3S. The Labute approximate surface area is 133 Å². The fraction of sp³-hybridized carbons (Fsp3) is 0.429. The summed E-state index contributed by atoms with van der Waals surface area (Å²) in [6.07, 6.45) is 2.47. The maximum Gasteiger partial charge on any atom is 0.328 e. The van der Waals surface area contributed by atoms with Gasteiger partial charge in [-0.2, -0.15) is 11.8 Å². The van der Waals surface area contributed by atoms with Crippen molar-refractivity contribution < 1.29 is 14.3 Å². The van der Waals surface area contributed by atoms with Gasteiger partial charge in [-0.05, 0) is 36.1 Å². The third-order valence-electron chi connectivity index (χ3n) is 2.77. The number of hydrogen-bond donors (Lipinski definition) is 2. The number of thioether (sulfide) groups is 1. The summed E-state index contributed by atoms with van der Waals surface area (Å²) in [6, 6.07) is 6.13. The van der Waals surface area contributed by atoms with Gasteiger partial charge in [0.15, 0.2) is 0 Å². The monoisotopic (exact) mass is 330 g/mol. The second kappa shape index (κ2) is 9.52. The van der Waals surface area contributed by atoms with Crippen LogP contribution >= 0.6 is 23.4 Å². The summed E-state index contributed by atoms with van der Waals surface area (Å²) in [5, 5.41) is 5.96. The van der Waals surface area contributed by atoms with Gasteiger partial charge < -0.3 is 15.4 Å². The van der Waals surface area contributed by atoms with Gasteiger partial charge in [-0.25, -0.2) is 9.59 Å². The molecule has 0 spiro atoms. The summed E-state index contributed by atoms with van der Waals surface area (Å²) in [6.45, 7) is 0.361. The van der Waals surface area contributed by atoms with Crippen molar-refractivity contribution in [2.24, 2.45) is 0 Å². The van der Waals surface area contributed by atoms with E-state index in [0.717, 1.165) is 11.3 Å². The summed E-state index contributed by atoms with van der Waals surface area (Å²) in [4.78, 5) is 23.4. The lowest BCUT2D eigenvalue weighted by atomic mass is 10.2. The van der Waals surface area contributed by atoms with Gasteiger partial charge in [0, 0.05) is 11.6 Å². The van der Waals surface area contributed by atoms with Gasteiger partial charge in [0.2, 0.25) is 0 Å². The smallest absolute Gasteiger partial charge is 0.328 e. The first-order valence-corrected chi connectivity index (χ1v) is 8.19. The molecule has 0 heterocycles. The molecule has 116 valence electrons. The summed E-state index contributed by atoms with van der Waals surface area (Å²) < 4.78 is 4.68. The van der Waals surface area contributed by atoms with E-state index >= 15 is 0 Å². The molecule has 0 fully saturated rings. The molecule has 2 N–H and O–H groups in total. The van der Waals surface area contributed by atoms with E-state index in [1.165, 1.54) is 7.11 Å². The molecule has 0 bridgehead atoms. The van der Waals surface area contributed by atoms with Crippen LogP contribution in [0.4, 0.5) is 4.79 Å². The number of rotatable bonds is 7. The van der Waals surface area contributed by atoms with Crippen LogP contribution in [0.3, 0.4) is 0 Å². The molecule has 1 aromatic rings. The maximum atomic E-state index is 11.8. The molecule has 0 aliphatic carbocycles. The van der Waals surface area contributed by atoms with E-state index in [9.17, 15) is 9.59 Å². The number of carbonyl (C=O) groups excluding carboxylic acids is 2. The molecule has 0 aliphatic heterocycles. The van der Waals surface area contributed by atoms with E-state index in [2.05, 4.69) is 15.4 Å². The van der Waals surface area contributed by atoms with E-state index in [-0.39, 0.29) is 0 Å². The zero-order valence-corrected chi connectivity index (χ0v) is 13.6. The van der Waals surface area contributed by atoms with Crippen LogP contribution < -0.4 is 10.6 Å². The van der Waals surface area contributed by atoms with Crippen molar-refractivity contribution >= 4 is 35.4 Å². The first kappa shape index (κ1) is 17.7. The minimum atomic E-state index is -0.632. The third-order valence-corrected chi connectivity index (χ3v) is 3.66. The van der Waals surface area contributed by atoms with E-state index < -0.39 is 18.0 Å². The molecule has 0 aromatic heterocycles. The van der Waals surface area contributed by atoms with E-state index in [1.807, 2.05) is 18.4 Å². The van der Waals surface area contributed by atoms with Crippen molar-refractivity contribution in [1.82, 2.24) is 10.6 Å². The molecule has 21 heavy (non-hydrogen) atoms. The standard InChI is InChI=1S/C14H19ClN2O3S/c1-20-13(18)12(7-8-21-2)17-14(19)16-9-10-3-5-11(15)6-4-10/h3-6,12H,7-9H2,1-2H3,(H2,16,17,19)/t12-/m1/s1. The number of esters is 1. The van der Waals surface area contributed by atoms with Gasteiger partial charge in [-0.15, -0.1) is 0 Å². The SMILES string of the molecule is COC(=O)[C@@H](CCSC)NC(=O)NCc1ccc(Cl)cc1. The van der Waals surface area contributed by atoms with Gasteiger partial charge in [-0.3, -0.25) is 0 Å². The molecule has 0 saturated carbocycles. The second-order valence-electron chi connectivity index (χ2n) is 4.31. The Balaban J connectivity index is 2.45. The number of carbonyl (C=O) groups is 2. The van der Waals surface area contributed by atoms with Gasteiger partial charge in [0.25, 0.3) is 0 Å². The molecule has 0 radical (unpaired) electrons. The Bertz CT molecular complexity index is 468. The van der Waals surface area contributed by atoms with E-state index in [0.29, 0.717) is 18.0 Å². The van der Waals surface area contributed by atoms with Crippen LogP contribution in [0.1, 0.15) is 12.0 Å². The number of ether oxygens (including phenoxy) is 1. The predicted octanol–water partition coefficient (Wildman–Crippen LogP) is 2.43. The summed E-state index contributed by atoms with van der Waals surface area (Å²) in [5.41, 5.74) is 0.924. The summed E-state index contributed by atoms with van der Waals surface area (Å²) in [7, 11) is 1.31. The van der Waals surface area contributed by atoms with Crippen molar-refractivity contribution in [2.45, 2.75) is 19.0 Å². The number of urea groups is 1. The Kier molecular flexibility index (Phi) is 8.00. The van der Waals surface area contributed by atoms with Gasteiger partial charge in [-0.1, -0.05) is 23.7 Å². The van der Waals surface area contributed by atoms with Crippen molar-refractivity contribution in [2.75, 3.05) is 19.1 Å². The Morgan fingerprint density at radius 3 is 2.57 bits per heavy atom. The lowest BCUT2D eigenvalue weighted by molar-refractivity contribution is -0.142. The highest BCUT2D eigenvalue weighted by molar-refractivity contribution is 7.98. The molecule has 0 saturated heterocycles. The summed E-state index contributed by atoms with van der Waals surface area (Å²) >= 11 is 7.39. The fourth-order valence-corrected chi connectivity index (χ4v) is 2.22. The van der Waals surface area contributed by atoms with Gasteiger partial charge in [0.05, 0.1) is 7.11 Å². The molecule has 1 atom stereocenters. The van der Waals surface area contributed by atoms with Crippen LogP contribution in [-0.4, -0.2) is 37.2 Å². The molecular weight excluding hydrogens is 312 g/mol. The van der Waals surface area contributed by atoms with Crippen LogP contribution in [0.15, 0.2) is 24.3 Å². The highest BCUT2D eigenvalue weighted by atomic mass is 35.5. The van der Waals surface area contributed by atoms with E-state index in [4.69, 9.17) is 11.6 Å². The highest BCUT2D eigenvalue weighted by Crippen LogP contribution is 2.09. The van der Waals surface area contributed by atoms with Crippen LogP contribution in [0.2, 0.25) is 5.02 Å². The lowest BCUT2D eigenvalue weighted by Gasteiger charge is -2.16. The molecule has 7 heteroatoms. The first-order valence-electron chi connectivity index (χ1n) is 6.42. The number of nitrogens with one attached hydrogen (secondary N) is 2. The largest absolute Gasteiger partial charge is 0.467 e. The zero-order chi connectivity index (χ0) is 15.7. The Hall–Kier alpha value is -1.40. The Morgan fingerprint density at radius 2 is 2.00 bits per heavy atom. The van der Waals surface area contributed by atoms with Crippen LogP contribution in [-0.2, 0) is 16.1 Å². The number of halogens is 1. The predicted molar refractivity (Wildman–Crippen MR) is 85.6 cm³/mol. The minimum Gasteiger partial charge on any atom is -0.467 e. The number of methoxy groups -OCH3 is 1. The Morgan fingerprint density at radius 1 is 1.33 bits per heavy atom. The highest BCUT2D eigenvalue weighted by Gasteiger charge is 2.20. The van der Waals surface area contributed by atoms with Crippen LogP contribution in [0, 0.1) is 0 Å². The molecule has 1 rings (SSSR count). The fourth-order valence-electron chi connectivity index (χ4n) is 1.62. The molecule has 5 nitrogen and oxygen atoms in total. The van der Waals surface area contributed by atoms with Crippen LogP contribution in [0.5, 0.6) is 0 Å². The first-order chi connectivity index (χ1) is 10.1. The van der Waals surface area contributed by atoms with E-state index in [1.54, 1.807) is 23.9 Å². The average Bonchev–Trinajstić information content (AvgIpc) is 2.50. The van der Waals surface area contributed by atoms with Crippen molar-refractivity contribution in [3.8, 4) is 0 Å². The summed E-state index contributed by atoms with van der Waals surface area (Å²) in [5.74, 6) is 0.322. The molecule has 2 amide bonds. The second-order valence-corrected chi connectivity index (χ2v) is 5.73. The molecule has 0 aliphatic rings. The van der Waals surface area contributed by atoms with Gasteiger partial charge >= 0.3 is 12.0 Å². The minimum absolute atomic E-state index is 0.361. The topological polar surface area (TPSA) is 67.4 Å². The zero-order valence-electron chi connectivity index (χ0n) is 12.0. The van der Waals surface area contributed by atoms with Crippen molar-refractivity contribution in [3.63, 3.8) is 0 Å². The van der Waals surface area contributed by atoms with Crippen molar-refractivity contribution in [3.05, 3.63) is 34.9 Å². The van der Waals surface area contributed by atoms with Gasteiger partial charge in [0.1, 0.15) is 6.04 Å². The number of benzene rings is 1. The number of hydrogen-bond acceptors (Lipinski definition) is 4. The van der Waals surface area contributed by atoms with Crippen LogP contribution in [0.25, 0.3) is 0 Å². The van der Waals surface area contributed by atoms with Crippen molar-refractivity contribution in [1.29, 1.82) is 0 Å². The molecule has 0 unspecified atom stereocenters. The molecule has 1 aromatic carbocycles. The average molecular weight is 331 g/mol. The quantitative estimate of drug-likeness (QED) is 0.753. The normalized spacial score (nSPS) is 11.6.